The van der Waals surface area contributed by atoms with Crippen molar-refractivity contribution in [3.05, 3.63) is 33.6 Å². The van der Waals surface area contributed by atoms with E-state index < -0.39 is 17.3 Å². The van der Waals surface area contributed by atoms with Crippen LogP contribution in [0.5, 0.6) is 0 Å². The van der Waals surface area contributed by atoms with E-state index >= 15 is 0 Å². The molecule has 0 bridgehead atoms. The maximum absolute atomic E-state index is 13.5. The van der Waals surface area contributed by atoms with E-state index in [1.54, 1.807) is 6.92 Å². The molecule has 0 aliphatic heterocycles. The summed E-state index contributed by atoms with van der Waals surface area (Å²) in [6.45, 7) is 1.60. The van der Waals surface area contributed by atoms with Gasteiger partial charge in [0, 0.05) is 16.6 Å². The van der Waals surface area contributed by atoms with E-state index in [0.717, 1.165) is 18.9 Å². The molecule has 3 N–H and O–H groups in total. The van der Waals surface area contributed by atoms with Crippen LogP contribution in [0.3, 0.4) is 0 Å². The normalized spacial score (nSPS) is 18.4. The van der Waals surface area contributed by atoms with E-state index in [1.165, 1.54) is 6.07 Å². The summed E-state index contributed by atoms with van der Waals surface area (Å²) < 4.78 is 13.5. The zero-order chi connectivity index (χ0) is 13.5. The van der Waals surface area contributed by atoms with Gasteiger partial charge in [-0.15, -0.1) is 0 Å². The summed E-state index contributed by atoms with van der Waals surface area (Å²) in [5, 5.41) is 3.24. The molecule has 0 saturated heterocycles. The molecule has 18 heavy (non-hydrogen) atoms. The molecular weight excluding hydrogens is 278 g/mol. The van der Waals surface area contributed by atoms with Crippen LogP contribution < -0.4 is 11.1 Å². The highest BCUT2D eigenvalue weighted by Gasteiger charge is 2.40. The van der Waals surface area contributed by atoms with Crippen molar-refractivity contribution in [1.29, 1.82) is 0 Å². The number of nitrogens with two attached hydrogens (primary N) is 1. The Bertz CT molecular complexity index is 505. The molecule has 0 spiro atoms. The summed E-state index contributed by atoms with van der Waals surface area (Å²) in [7, 11) is 0. The smallest absolute Gasteiger partial charge is 0.242 e. The number of primary amides is 1. The van der Waals surface area contributed by atoms with Gasteiger partial charge in [0.25, 0.3) is 0 Å². The van der Waals surface area contributed by atoms with Crippen molar-refractivity contribution in [2.45, 2.75) is 31.3 Å². The van der Waals surface area contributed by atoms with Gasteiger partial charge in [-0.2, -0.15) is 0 Å². The molecule has 1 amide bonds. The van der Waals surface area contributed by atoms with Crippen LogP contribution in [0.2, 0.25) is 10.0 Å². The van der Waals surface area contributed by atoms with Gasteiger partial charge >= 0.3 is 0 Å². The van der Waals surface area contributed by atoms with Gasteiger partial charge in [-0.3, -0.25) is 10.1 Å². The Morgan fingerprint density at radius 1 is 1.44 bits per heavy atom. The lowest BCUT2D eigenvalue weighted by molar-refractivity contribution is -0.124. The molecule has 1 aromatic rings. The number of amides is 1. The highest BCUT2D eigenvalue weighted by Crippen LogP contribution is 2.34. The van der Waals surface area contributed by atoms with Gasteiger partial charge in [0.15, 0.2) is 0 Å². The quantitative estimate of drug-likeness (QED) is 0.838. The lowest BCUT2D eigenvalue weighted by Gasteiger charge is -2.29. The summed E-state index contributed by atoms with van der Waals surface area (Å²) in [4.78, 5) is 11.7. The second kappa shape index (κ2) is 4.68. The second-order valence-electron chi connectivity index (χ2n) is 4.65. The van der Waals surface area contributed by atoms with Crippen LogP contribution in [0, 0.1) is 5.82 Å². The van der Waals surface area contributed by atoms with Gasteiger partial charge in [-0.05, 0) is 31.9 Å². The molecule has 1 aliphatic rings. The minimum atomic E-state index is -1.19. The maximum Gasteiger partial charge on any atom is 0.242 e. The Kier molecular flexibility index (Phi) is 3.54. The molecule has 0 heterocycles. The van der Waals surface area contributed by atoms with Crippen LogP contribution in [0.25, 0.3) is 0 Å². The van der Waals surface area contributed by atoms with Crippen LogP contribution >= 0.6 is 23.2 Å². The van der Waals surface area contributed by atoms with E-state index in [-0.39, 0.29) is 16.1 Å². The van der Waals surface area contributed by atoms with E-state index in [9.17, 15) is 9.18 Å². The van der Waals surface area contributed by atoms with Crippen molar-refractivity contribution >= 4 is 29.1 Å². The van der Waals surface area contributed by atoms with Crippen molar-refractivity contribution < 1.29 is 9.18 Å². The molecule has 3 nitrogen and oxygen atoms in total. The number of halogens is 3. The summed E-state index contributed by atoms with van der Waals surface area (Å²) in [5.41, 5.74) is 4.54. The molecule has 1 aliphatic carbocycles. The van der Waals surface area contributed by atoms with E-state index in [0.29, 0.717) is 5.56 Å². The first-order valence-electron chi connectivity index (χ1n) is 5.57. The maximum atomic E-state index is 13.5. The van der Waals surface area contributed by atoms with Crippen LogP contribution in [0.4, 0.5) is 4.39 Å². The SMILES string of the molecule is CC(NC1CC1)(C(N)=O)c1cc(F)c(Cl)cc1Cl. The molecule has 1 unspecified atom stereocenters. The van der Waals surface area contributed by atoms with Crippen molar-refractivity contribution in [3.63, 3.8) is 0 Å². The lowest BCUT2D eigenvalue weighted by atomic mass is 9.90. The van der Waals surface area contributed by atoms with Gasteiger partial charge in [0.1, 0.15) is 11.4 Å². The van der Waals surface area contributed by atoms with Crippen LogP contribution in [0.1, 0.15) is 25.3 Å². The third-order valence-electron chi connectivity index (χ3n) is 3.11. The van der Waals surface area contributed by atoms with E-state index in [1.807, 2.05) is 0 Å². The fraction of sp³-hybridized carbons (Fsp3) is 0.417. The number of nitrogens with one attached hydrogen (secondary N) is 1. The second-order valence-corrected chi connectivity index (χ2v) is 5.47. The Hall–Kier alpha value is -0.840. The Morgan fingerprint density at radius 3 is 2.56 bits per heavy atom. The molecule has 6 heteroatoms. The Balaban J connectivity index is 2.47. The zero-order valence-corrected chi connectivity index (χ0v) is 11.3. The molecule has 0 radical (unpaired) electrons. The predicted molar refractivity (Wildman–Crippen MR) is 69.1 cm³/mol. The molecular formula is C12H13Cl2FN2O. The van der Waals surface area contributed by atoms with Crippen molar-refractivity contribution in [3.8, 4) is 0 Å². The standard InChI is InChI=1S/C12H13Cl2FN2O/c1-12(11(16)18,17-6-2-3-6)7-4-10(15)9(14)5-8(7)13/h4-6,17H,2-3H2,1H3,(H2,16,18). The number of benzene rings is 1. The zero-order valence-electron chi connectivity index (χ0n) is 9.77. The van der Waals surface area contributed by atoms with Gasteiger partial charge in [0.2, 0.25) is 5.91 Å². The van der Waals surface area contributed by atoms with Crippen molar-refractivity contribution in [1.82, 2.24) is 5.32 Å². The molecule has 1 aromatic carbocycles. The van der Waals surface area contributed by atoms with E-state index in [2.05, 4.69) is 5.32 Å². The summed E-state index contributed by atoms with van der Waals surface area (Å²) >= 11 is 11.7. The van der Waals surface area contributed by atoms with Crippen molar-refractivity contribution in [2.75, 3.05) is 0 Å². The van der Waals surface area contributed by atoms with Gasteiger partial charge < -0.3 is 5.73 Å². The average Bonchev–Trinajstić information content (AvgIpc) is 3.06. The number of hydrogen-bond acceptors (Lipinski definition) is 2. The van der Waals surface area contributed by atoms with Gasteiger partial charge in [-0.1, -0.05) is 23.2 Å². The average molecular weight is 291 g/mol. The van der Waals surface area contributed by atoms with Crippen LogP contribution in [-0.4, -0.2) is 11.9 Å². The third-order valence-corrected chi connectivity index (χ3v) is 3.71. The first-order valence-corrected chi connectivity index (χ1v) is 6.33. The largest absolute Gasteiger partial charge is 0.368 e. The van der Waals surface area contributed by atoms with Gasteiger partial charge in [0.05, 0.1) is 5.02 Å². The minimum Gasteiger partial charge on any atom is -0.368 e. The predicted octanol–water partition coefficient (Wildman–Crippen LogP) is 2.59. The monoisotopic (exact) mass is 290 g/mol. The number of carbonyl (C=O) groups excluding carboxylic acids is 1. The number of carbonyl (C=O) groups is 1. The third kappa shape index (κ3) is 2.46. The summed E-state index contributed by atoms with van der Waals surface area (Å²) in [5.74, 6) is -1.22. The van der Waals surface area contributed by atoms with Crippen LogP contribution in [-0.2, 0) is 10.3 Å². The molecule has 0 aromatic heterocycles. The topological polar surface area (TPSA) is 55.1 Å². The molecule has 1 saturated carbocycles. The minimum absolute atomic E-state index is 0.0815. The highest BCUT2D eigenvalue weighted by atomic mass is 35.5. The molecule has 1 fully saturated rings. The van der Waals surface area contributed by atoms with Gasteiger partial charge in [-0.25, -0.2) is 4.39 Å². The van der Waals surface area contributed by atoms with Crippen LogP contribution in [0.15, 0.2) is 12.1 Å². The first-order chi connectivity index (χ1) is 8.34. The Labute approximate surface area is 114 Å². The molecule has 2 rings (SSSR count). The fourth-order valence-electron chi connectivity index (χ4n) is 1.82. The summed E-state index contributed by atoms with van der Waals surface area (Å²) in [6, 6.07) is 2.66. The van der Waals surface area contributed by atoms with E-state index in [4.69, 9.17) is 28.9 Å². The fourth-order valence-corrected chi connectivity index (χ4v) is 2.40. The number of hydrogen-bond donors (Lipinski definition) is 2. The molecule has 98 valence electrons. The molecule has 1 atom stereocenters. The highest BCUT2D eigenvalue weighted by molar-refractivity contribution is 6.35. The Morgan fingerprint density at radius 2 is 2.06 bits per heavy atom. The van der Waals surface area contributed by atoms with Crippen molar-refractivity contribution in [2.24, 2.45) is 5.73 Å². The lowest BCUT2D eigenvalue weighted by Crippen LogP contribution is -2.51. The number of rotatable bonds is 4. The first kappa shape index (κ1) is 13.6. The summed E-state index contributed by atoms with van der Waals surface area (Å²) in [6.07, 6.45) is 1.94.